The zero-order valence-electron chi connectivity index (χ0n) is 10.6. The first-order valence-corrected chi connectivity index (χ1v) is 5.70. The predicted octanol–water partition coefficient (Wildman–Crippen LogP) is 1.29. The molecule has 0 aliphatic carbocycles. The van der Waals surface area contributed by atoms with Crippen molar-refractivity contribution in [3.63, 3.8) is 0 Å². The summed E-state index contributed by atoms with van der Waals surface area (Å²) in [5.74, 6) is 0.672. The van der Waals surface area contributed by atoms with Gasteiger partial charge in [0, 0.05) is 6.54 Å². The molecular formula is C13H20N2O2. The fourth-order valence-corrected chi connectivity index (χ4v) is 1.68. The minimum atomic E-state index is -0.317. The number of carbonyl (C=O) groups excluding carboxylic acids is 1. The van der Waals surface area contributed by atoms with E-state index in [1.807, 2.05) is 38.1 Å². The van der Waals surface area contributed by atoms with Crippen LogP contribution in [0.15, 0.2) is 24.3 Å². The third-order valence-corrected chi connectivity index (χ3v) is 2.63. The molecule has 1 atom stereocenters. The Morgan fingerprint density at radius 2 is 2.18 bits per heavy atom. The van der Waals surface area contributed by atoms with Crippen LogP contribution in [0, 0.1) is 5.92 Å². The van der Waals surface area contributed by atoms with Gasteiger partial charge in [0.1, 0.15) is 5.75 Å². The number of hydrogen-bond donors (Lipinski definition) is 2. The van der Waals surface area contributed by atoms with Crippen molar-refractivity contribution in [2.24, 2.45) is 11.7 Å². The molecule has 0 saturated carbocycles. The van der Waals surface area contributed by atoms with Gasteiger partial charge in [-0.2, -0.15) is 0 Å². The monoisotopic (exact) mass is 236 g/mol. The van der Waals surface area contributed by atoms with Gasteiger partial charge in [-0.15, -0.1) is 0 Å². The summed E-state index contributed by atoms with van der Waals surface area (Å²) in [4.78, 5) is 11.2. The Labute approximate surface area is 102 Å². The molecule has 0 fully saturated rings. The molecule has 4 heteroatoms. The highest BCUT2D eigenvalue weighted by Gasteiger charge is 2.18. The third kappa shape index (κ3) is 4.07. The Morgan fingerprint density at radius 1 is 1.47 bits per heavy atom. The molecule has 1 amide bonds. The van der Waals surface area contributed by atoms with Crippen LogP contribution in [-0.2, 0) is 11.3 Å². The summed E-state index contributed by atoms with van der Waals surface area (Å²) in [6.07, 6.45) is 0. The Balaban J connectivity index is 2.62. The van der Waals surface area contributed by atoms with E-state index in [9.17, 15) is 4.79 Å². The van der Waals surface area contributed by atoms with Crippen LogP contribution in [0.1, 0.15) is 19.4 Å². The maximum absolute atomic E-state index is 11.2. The van der Waals surface area contributed by atoms with Crippen LogP contribution in [0.2, 0.25) is 0 Å². The van der Waals surface area contributed by atoms with Crippen molar-refractivity contribution in [3.8, 4) is 5.75 Å². The molecule has 0 spiro atoms. The molecular weight excluding hydrogens is 216 g/mol. The van der Waals surface area contributed by atoms with Crippen molar-refractivity contribution in [1.29, 1.82) is 0 Å². The first-order chi connectivity index (χ1) is 8.04. The van der Waals surface area contributed by atoms with E-state index in [4.69, 9.17) is 10.5 Å². The van der Waals surface area contributed by atoms with E-state index in [0.717, 1.165) is 11.3 Å². The van der Waals surface area contributed by atoms with Gasteiger partial charge in [-0.05, 0) is 23.6 Å². The second kappa shape index (κ2) is 6.25. The molecule has 3 N–H and O–H groups in total. The van der Waals surface area contributed by atoms with E-state index >= 15 is 0 Å². The van der Waals surface area contributed by atoms with Gasteiger partial charge >= 0.3 is 0 Å². The maximum Gasteiger partial charge on any atom is 0.234 e. The van der Waals surface area contributed by atoms with Gasteiger partial charge in [-0.3, -0.25) is 4.79 Å². The van der Waals surface area contributed by atoms with Crippen LogP contribution in [0.4, 0.5) is 0 Å². The quantitative estimate of drug-likeness (QED) is 0.782. The van der Waals surface area contributed by atoms with E-state index in [2.05, 4.69) is 5.32 Å². The van der Waals surface area contributed by atoms with Crippen molar-refractivity contribution in [2.75, 3.05) is 7.11 Å². The summed E-state index contributed by atoms with van der Waals surface area (Å²) in [5.41, 5.74) is 6.40. The topological polar surface area (TPSA) is 64.3 Å². The van der Waals surface area contributed by atoms with E-state index in [1.54, 1.807) is 7.11 Å². The summed E-state index contributed by atoms with van der Waals surface area (Å²) < 4.78 is 5.14. The number of primary amides is 1. The Bertz CT molecular complexity index is 377. The van der Waals surface area contributed by atoms with Gasteiger partial charge < -0.3 is 15.8 Å². The SMILES string of the molecule is COc1cccc(CNC(C(N)=O)C(C)C)c1. The van der Waals surface area contributed by atoms with Crippen LogP contribution in [-0.4, -0.2) is 19.1 Å². The summed E-state index contributed by atoms with van der Waals surface area (Å²) in [6, 6.07) is 7.42. The normalized spacial score (nSPS) is 12.5. The van der Waals surface area contributed by atoms with E-state index in [0.29, 0.717) is 6.54 Å². The van der Waals surface area contributed by atoms with Crippen LogP contribution in [0.3, 0.4) is 0 Å². The van der Waals surface area contributed by atoms with Crippen molar-refractivity contribution < 1.29 is 9.53 Å². The molecule has 0 bridgehead atoms. The molecule has 94 valence electrons. The fraction of sp³-hybridized carbons (Fsp3) is 0.462. The van der Waals surface area contributed by atoms with Crippen LogP contribution < -0.4 is 15.8 Å². The average molecular weight is 236 g/mol. The largest absolute Gasteiger partial charge is 0.497 e. The number of amides is 1. The number of benzene rings is 1. The summed E-state index contributed by atoms with van der Waals surface area (Å²) in [5, 5.41) is 3.16. The van der Waals surface area contributed by atoms with Gasteiger partial charge in [0.15, 0.2) is 0 Å². The molecule has 0 heterocycles. The second-order valence-electron chi connectivity index (χ2n) is 4.36. The number of hydrogen-bond acceptors (Lipinski definition) is 3. The molecule has 0 saturated heterocycles. The van der Waals surface area contributed by atoms with Crippen molar-refractivity contribution in [2.45, 2.75) is 26.4 Å². The Morgan fingerprint density at radius 3 is 2.71 bits per heavy atom. The molecule has 0 radical (unpaired) electrons. The summed E-state index contributed by atoms with van der Waals surface area (Å²) in [7, 11) is 1.63. The first kappa shape index (κ1) is 13.5. The lowest BCUT2D eigenvalue weighted by Gasteiger charge is -2.19. The highest BCUT2D eigenvalue weighted by Crippen LogP contribution is 2.12. The van der Waals surface area contributed by atoms with Gasteiger partial charge in [-0.1, -0.05) is 26.0 Å². The molecule has 0 aliphatic rings. The average Bonchev–Trinajstić information content (AvgIpc) is 2.28. The fourth-order valence-electron chi connectivity index (χ4n) is 1.68. The van der Waals surface area contributed by atoms with Gasteiger partial charge in [0.05, 0.1) is 13.2 Å². The van der Waals surface area contributed by atoms with E-state index in [-0.39, 0.29) is 17.9 Å². The number of ether oxygens (including phenoxy) is 1. The van der Waals surface area contributed by atoms with Gasteiger partial charge in [0.25, 0.3) is 0 Å². The highest BCUT2D eigenvalue weighted by atomic mass is 16.5. The number of rotatable bonds is 6. The van der Waals surface area contributed by atoms with E-state index < -0.39 is 0 Å². The molecule has 1 aromatic rings. The predicted molar refractivity (Wildman–Crippen MR) is 67.7 cm³/mol. The molecule has 1 aromatic carbocycles. The second-order valence-corrected chi connectivity index (χ2v) is 4.36. The number of nitrogens with two attached hydrogens (primary N) is 1. The number of methoxy groups -OCH3 is 1. The van der Waals surface area contributed by atoms with Crippen molar-refractivity contribution in [3.05, 3.63) is 29.8 Å². The lowest BCUT2D eigenvalue weighted by molar-refractivity contribution is -0.121. The van der Waals surface area contributed by atoms with Crippen LogP contribution in [0.5, 0.6) is 5.75 Å². The molecule has 0 aliphatic heterocycles. The Hall–Kier alpha value is -1.55. The standard InChI is InChI=1S/C13H20N2O2/c1-9(2)12(13(14)16)15-8-10-5-4-6-11(7-10)17-3/h4-7,9,12,15H,8H2,1-3H3,(H2,14,16). The van der Waals surface area contributed by atoms with Gasteiger partial charge in [-0.25, -0.2) is 0 Å². The first-order valence-electron chi connectivity index (χ1n) is 5.70. The highest BCUT2D eigenvalue weighted by molar-refractivity contribution is 5.80. The van der Waals surface area contributed by atoms with Crippen molar-refractivity contribution in [1.82, 2.24) is 5.32 Å². The molecule has 1 rings (SSSR count). The minimum Gasteiger partial charge on any atom is -0.497 e. The Kier molecular flexibility index (Phi) is 4.97. The zero-order valence-corrected chi connectivity index (χ0v) is 10.6. The molecule has 1 unspecified atom stereocenters. The molecule has 4 nitrogen and oxygen atoms in total. The van der Waals surface area contributed by atoms with Crippen LogP contribution >= 0.6 is 0 Å². The van der Waals surface area contributed by atoms with Crippen molar-refractivity contribution >= 4 is 5.91 Å². The van der Waals surface area contributed by atoms with Gasteiger partial charge in [0.2, 0.25) is 5.91 Å². The number of nitrogens with one attached hydrogen (secondary N) is 1. The molecule has 0 aromatic heterocycles. The minimum absolute atomic E-state index is 0.179. The maximum atomic E-state index is 11.2. The smallest absolute Gasteiger partial charge is 0.234 e. The summed E-state index contributed by atoms with van der Waals surface area (Å²) >= 11 is 0. The lowest BCUT2D eigenvalue weighted by Crippen LogP contribution is -2.44. The summed E-state index contributed by atoms with van der Waals surface area (Å²) in [6.45, 7) is 4.53. The third-order valence-electron chi connectivity index (χ3n) is 2.63. The van der Waals surface area contributed by atoms with Crippen LogP contribution in [0.25, 0.3) is 0 Å². The lowest BCUT2D eigenvalue weighted by atomic mass is 10.0. The molecule has 17 heavy (non-hydrogen) atoms. The number of carbonyl (C=O) groups is 1. The van der Waals surface area contributed by atoms with E-state index in [1.165, 1.54) is 0 Å². The zero-order chi connectivity index (χ0) is 12.8.